The largest absolute Gasteiger partial charge is 0.456 e. The third kappa shape index (κ3) is 4.83. The number of nitrogens with zero attached hydrogens (tertiary/aromatic N) is 3. The molecule has 0 aliphatic carbocycles. The third-order valence-electron chi connectivity index (χ3n) is 9.11. The molecule has 0 N–H and O–H groups in total. The first-order valence-corrected chi connectivity index (χ1v) is 16.3. The summed E-state index contributed by atoms with van der Waals surface area (Å²) in [6, 6.07) is 45.1. The number of benzene rings is 6. The highest BCUT2D eigenvalue weighted by Crippen LogP contribution is 2.40. The average molecular weight is 632 g/mol. The number of rotatable bonds is 6. The monoisotopic (exact) mass is 631 g/mol. The van der Waals surface area contributed by atoms with Gasteiger partial charge in [0.1, 0.15) is 22.3 Å². The molecule has 9 rings (SSSR count). The van der Waals surface area contributed by atoms with E-state index in [2.05, 4.69) is 67.3 Å². The maximum atomic E-state index is 6.41. The van der Waals surface area contributed by atoms with Crippen LogP contribution in [-0.4, -0.2) is 15.0 Å². The second-order valence-corrected chi connectivity index (χ2v) is 12.0. The Morgan fingerprint density at radius 1 is 0.531 bits per heavy atom. The molecule has 0 bridgehead atoms. The van der Waals surface area contributed by atoms with Crippen LogP contribution in [-0.2, 0) is 0 Å². The first-order valence-electron chi connectivity index (χ1n) is 16.3. The molecule has 5 heteroatoms. The number of hydrogen-bond donors (Lipinski definition) is 0. The Balaban J connectivity index is 1.27. The summed E-state index contributed by atoms with van der Waals surface area (Å²) in [6.45, 7) is 6.02. The van der Waals surface area contributed by atoms with Gasteiger partial charge < -0.3 is 8.83 Å². The standard InChI is InChI=1S/C44H29N3O2/c1-3-27(4-2)29-15-10-16-30(25-29)31-23-24-38-36(26-31)40-34(19-12-22-39(40)48-38)43-45-42(28-13-6-5-7-14-28)46-44(47-43)35-20-11-18-33-32-17-8-9-21-37(32)49-41(33)35/h3-26H,1H2,2H3/b27-4+. The van der Waals surface area contributed by atoms with E-state index in [-0.39, 0.29) is 0 Å². The molecular weight excluding hydrogens is 603 g/mol. The fourth-order valence-corrected chi connectivity index (χ4v) is 6.73. The summed E-state index contributed by atoms with van der Waals surface area (Å²) in [5.74, 6) is 1.68. The van der Waals surface area contributed by atoms with Crippen LogP contribution in [0.2, 0.25) is 0 Å². The molecule has 0 spiro atoms. The number of furan rings is 2. The van der Waals surface area contributed by atoms with Crippen LogP contribution >= 0.6 is 0 Å². The van der Waals surface area contributed by atoms with E-state index in [0.717, 1.165) is 82.8 Å². The van der Waals surface area contributed by atoms with E-state index >= 15 is 0 Å². The van der Waals surface area contributed by atoms with Crippen LogP contribution in [0.1, 0.15) is 12.5 Å². The van der Waals surface area contributed by atoms with Crippen molar-refractivity contribution in [2.75, 3.05) is 0 Å². The summed E-state index contributed by atoms with van der Waals surface area (Å²) in [5, 5.41) is 4.02. The lowest BCUT2D eigenvalue weighted by molar-refractivity contribution is 0.668. The molecule has 0 aliphatic rings. The highest BCUT2D eigenvalue weighted by atomic mass is 16.3. The summed E-state index contributed by atoms with van der Waals surface area (Å²) in [6.07, 6.45) is 3.96. The van der Waals surface area contributed by atoms with Gasteiger partial charge in [-0.15, -0.1) is 0 Å². The molecule has 0 amide bonds. The minimum Gasteiger partial charge on any atom is -0.456 e. The molecule has 0 radical (unpaired) electrons. The molecule has 3 heterocycles. The molecule has 49 heavy (non-hydrogen) atoms. The number of fused-ring (bicyclic) bond motifs is 6. The van der Waals surface area contributed by atoms with Crippen molar-refractivity contribution in [3.63, 3.8) is 0 Å². The van der Waals surface area contributed by atoms with E-state index in [1.165, 1.54) is 0 Å². The molecule has 9 aromatic rings. The van der Waals surface area contributed by atoms with Crippen molar-refractivity contribution in [2.24, 2.45) is 0 Å². The summed E-state index contributed by atoms with van der Waals surface area (Å²) >= 11 is 0. The Bertz CT molecular complexity index is 2750. The van der Waals surface area contributed by atoms with E-state index in [4.69, 9.17) is 23.8 Å². The smallest absolute Gasteiger partial charge is 0.167 e. The van der Waals surface area contributed by atoms with E-state index in [9.17, 15) is 0 Å². The second kappa shape index (κ2) is 11.6. The van der Waals surface area contributed by atoms with Crippen molar-refractivity contribution in [1.29, 1.82) is 0 Å². The van der Waals surface area contributed by atoms with E-state index in [0.29, 0.717) is 17.5 Å². The number of para-hydroxylation sites is 2. The van der Waals surface area contributed by atoms with Crippen molar-refractivity contribution in [3.05, 3.63) is 158 Å². The summed E-state index contributed by atoms with van der Waals surface area (Å²) < 4.78 is 12.8. The third-order valence-corrected chi connectivity index (χ3v) is 9.11. The number of hydrogen-bond acceptors (Lipinski definition) is 5. The van der Waals surface area contributed by atoms with Gasteiger partial charge in [-0.2, -0.15) is 0 Å². The van der Waals surface area contributed by atoms with Crippen LogP contribution in [0.3, 0.4) is 0 Å². The second-order valence-electron chi connectivity index (χ2n) is 12.0. The molecule has 0 aliphatic heterocycles. The minimum atomic E-state index is 0.540. The van der Waals surface area contributed by atoms with Crippen LogP contribution < -0.4 is 0 Å². The lowest BCUT2D eigenvalue weighted by Gasteiger charge is -2.10. The Morgan fingerprint density at radius 2 is 1.18 bits per heavy atom. The fourth-order valence-electron chi connectivity index (χ4n) is 6.73. The Hall–Kier alpha value is -6.59. The zero-order valence-electron chi connectivity index (χ0n) is 26.7. The topological polar surface area (TPSA) is 65.0 Å². The maximum absolute atomic E-state index is 6.41. The molecule has 0 fully saturated rings. The van der Waals surface area contributed by atoms with Gasteiger partial charge in [-0.05, 0) is 65.6 Å². The lowest BCUT2D eigenvalue weighted by Crippen LogP contribution is -2.00. The Kier molecular flexibility index (Phi) is 6.76. The van der Waals surface area contributed by atoms with Gasteiger partial charge in [0, 0.05) is 32.7 Å². The van der Waals surface area contributed by atoms with Gasteiger partial charge in [-0.3, -0.25) is 0 Å². The van der Waals surface area contributed by atoms with E-state index in [1.807, 2.05) is 91.9 Å². The molecule has 3 aromatic heterocycles. The van der Waals surface area contributed by atoms with Gasteiger partial charge in [0.05, 0.1) is 5.56 Å². The van der Waals surface area contributed by atoms with Crippen molar-refractivity contribution < 1.29 is 8.83 Å². The maximum Gasteiger partial charge on any atom is 0.167 e. The van der Waals surface area contributed by atoms with E-state index in [1.54, 1.807) is 0 Å². The Labute approximate surface area is 282 Å². The van der Waals surface area contributed by atoms with E-state index < -0.39 is 0 Å². The van der Waals surface area contributed by atoms with Crippen LogP contribution in [0.15, 0.2) is 161 Å². The number of aromatic nitrogens is 3. The quantitative estimate of drug-likeness (QED) is 0.171. The SMILES string of the molecule is C=C/C(=C\C)c1cccc(-c2ccc3oc4cccc(-c5nc(-c6ccccc6)nc(-c6cccc7c6oc6ccccc67)n5)c4c3c2)c1. The molecular formula is C44H29N3O2. The predicted octanol–water partition coefficient (Wildman–Crippen LogP) is 11.9. The van der Waals surface area contributed by atoms with Gasteiger partial charge in [0.25, 0.3) is 0 Å². The molecule has 0 unspecified atom stereocenters. The van der Waals surface area contributed by atoms with Crippen molar-refractivity contribution in [1.82, 2.24) is 15.0 Å². The van der Waals surface area contributed by atoms with Gasteiger partial charge in [0.2, 0.25) is 0 Å². The normalized spacial score (nSPS) is 12.0. The zero-order chi connectivity index (χ0) is 32.9. The molecule has 0 saturated heterocycles. The minimum absolute atomic E-state index is 0.540. The van der Waals surface area contributed by atoms with Crippen LogP contribution in [0.4, 0.5) is 0 Å². The van der Waals surface area contributed by atoms with Gasteiger partial charge >= 0.3 is 0 Å². The zero-order valence-corrected chi connectivity index (χ0v) is 26.7. The Morgan fingerprint density at radius 3 is 2.04 bits per heavy atom. The molecule has 232 valence electrons. The summed E-state index contributed by atoms with van der Waals surface area (Å²) in [5.41, 5.74) is 10.1. The van der Waals surface area contributed by atoms with Crippen molar-refractivity contribution in [2.45, 2.75) is 6.92 Å². The number of allylic oxidation sites excluding steroid dienone is 3. The van der Waals surface area contributed by atoms with Crippen LogP contribution in [0.5, 0.6) is 0 Å². The summed E-state index contributed by atoms with van der Waals surface area (Å²) in [7, 11) is 0. The van der Waals surface area contributed by atoms with Gasteiger partial charge in [-0.25, -0.2) is 15.0 Å². The highest BCUT2D eigenvalue weighted by molar-refractivity contribution is 6.13. The van der Waals surface area contributed by atoms with Crippen molar-refractivity contribution >= 4 is 49.5 Å². The first-order chi connectivity index (χ1) is 24.2. The summed E-state index contributed by atoms with van der Waals surface area (Å²) in [4.78, 5) is 15.2. The fraction of sp³-hybridized carbons (Fsp3) is 0.0227. The average Bonchev–Trinajstić information content (AvgIpc) is 3.74. The molecule has 5 nitrogen and oxygen atoms in total. The van der Waals surface area contributed by atoms with Gasteiger partial charge in [0.15, 0.2) is 17.5 Å². The van der Waals surface area contributed by atoms with Crippen LogP contribution in [0, 0.1) is 0 Å². The first kappa shape index (κ1) is 28.6. The van der Waals surface area contributed by atoms with Gasteiger partial charge in [-0.1, -0.05) is 116 Å². The lowest BCUT2D eigenvalue weighted by atomic mass is 9.97. The van der Waals surface area contributed by atoms with Crippen molar-refractivity contribution in [3.8, 4) is 45.3 Å². The highest BCUT2D eigenvalue weighted by Gasteiger charge is 2.20. The molecule has 0 saturated carbocycles. The molecule has 0 atom stereocenters. The molecule has 6 aromatic carbocycles. The predicted molar refractivity (Wildman–Crippen MR) is 200 cm³/mol. The van der Waals surface area contributed by atoms with Crippen LogP contribution in [0.25, 0.3) is 94.7 Å².